The first-order valence-electron chi connectivity index (χ1n) is 6.80. The Morgan fingerprint density at radius 3 is 2.38 bits per heavy atom. The van der Waals surface area contributed by atoms with Crippen LogP contribution in [0.1, 0.15) is 25.5 Å². The molecule has 1 heterocycles. The summed E-state index contributed by atoms with van der Waals surface area (Å²) in [6, 6.07) is 7.58. The third kappa shape index (κ3) is 3.14. The second kappa shape index (κ2) is 6.75. The number of rotatable bonds is 6. The Morgan fingerprint density at radius 1 is 1.19 bits per heavy atom. The van der Waals surface area contributed by atoms with E-state index in [0.29, 0.717) is 22.9 Å². The van der Waals surface area contributed by atoms with Crippen molar-refractivity contribution in [2.75, 3.05) is 14.2 Å². The molecule has 0 atom stereocenters. The number of nitriles is 1. The molecule has 0 N–H and O–H groups in total. The van der Waals surface area contributed by atoms with Gasteiger partial charge in [-0.1, -0.05) is 18.6 Å². The van der Waals surface area contributed by atoms with Crippen LogP contribution < -0.4 is 9.47 Å². The van der Waals surface area contributed by atoms with Gasteiger partial charge in [0.1, 0.15) is 23.3 Å². The Balaban J connectivity index is 2.54. The summed E-state index contributed by atoms with van der Waals surface area (Å²) in [6.07, 6.45) is 2.02. The molecule has 0 unspecified atom stereocenters. The molecule has 0 aliphatic heterocycles. The number of aromatic nitrogens is 3. The highest BCUT2D eigenvalue weighted by molar-refractivity contribution is 5.68. The quantitative estimate of drug-likeness (QED) is 0.816. The first-order valence-corrected chi connectivity index (χ1v) is 6.80. The Morgan fingerprint density at radius 2 is 1.86 bits per heavy atom. The predicted molar refractivity (Wildman–Crippen MR) is 78.2 cm³/mol. The number of benzene rings is 1. The van der Waals surface area contributed by atoms with Gasteiger partial charge in [0.2, 0.25) is 0 Å². The molecule has 0 amide bonds. The minimum absolute atomic E-state index is 0.307. The molecule has 0 aliphatic carbocycles. The van der Waals surface area contributed by atoms with E-state index in [9.17, 15) is 5.26 Å². The molecule has 110 valence electrons. The van der Waals surface area contributed by atoms with Crippen molar-refractivity contribution in [1.29, 1.82) is 5.26 Å². The Kier molecular flexibility index (Phi) is 4.77. The van der Waals surface area contributed by atoms with E-state index in [1.165, 1.54) is 0 Å². The number of unbranched alkanes of at least 4 members (excludes halogenated alkanes) is 1. The number of ether oxygens (including phenoxy) is 2. The average Bonchev–Trinajstić information content (AvgIpc) is 2.95. The van der Waals surface area contributed by atoms with Crippen LogP contribution in [-0.2, 0) is 6.54 Å². The molecule has 1 aromatic heterocycles. The van der Waals surface area contributed by atoms with Crippen molar-refractivity contribution >= 4 is 0 Å². The molecule has 2 rings (SSSR count). The summed E-state index contributed by atoms with van der Waals surface area (Å²) in [5.74, 6) is 1.33. The summed E-state index contributed by atoms with van der Waals surface area (Å²) >= 11 is 0. The van der Waals surface area contributed by atoms with Gasteiger partial charge < -0.3 is 9.47 Å². The molecule has 2 aromatic rings. The second-order valence-electron chi connectivity index (χ2n) is 4.58. The number of methoxy groups -OCH3 is 2. The fraction of sp³-hybridized carbons (Fsp3) is 0.400. The average molecular weight is 286 g/mol. The van der Waals surface area contributed by atoms with E-state index in [-0.39, 0.29) is 0 Å². The molecule has 0 radical (unpaired) electrons. The molecular weight excluding hydrogens is 268 g/mol. The van der Waals surface area contributed by atoms with Gasteiger partial charge in [0.05, 0.1) is 14.2 Å². The van der Waals surface area contributed by atoms with Gasteiger partial charge in [-0.25, -0.2) is 4.68 Å². The van der Waals surface area contributed by atoms with Gasteiger partial charge >= 0.3 is 0 Å². The van der Waals surface area contributed by atoms with Crippen molar-refractivity contribution in [2.24, 2.45) is 0 Å². The molecule has 0 bridgehead atoms. The van der Waals surface area contributed by atoms with Crippen LogP contribution in [0.2, 0.25) is 0 Å². The van der Waals surface area contributed by atoms with Crippen LogP contribution in [0.25, 0.3) is 11.3 Å². The zero-order valence-electron chi connectivity index (χ0n) is 12.5. The molecule has 0 saturated heterocycles. The highest BCUT2D eigenvalue weighted by atomic mass is 16.5. The lowest BCUT2D eigenvalue weighted by atomic mass is 10.1. The molecular formula is C15H18N4O2. The second-order valence-corrected chi connectivity index (χ2v) is 4.58. The van der Waals surface area contributed by atoms with Gasteiger partial charge in [-0.15, -0.1) is 5.10 Å². The van der Waals surface area contributed by atoms with Crippen molar-refractivity contribution in [3.8, 4) is 28.8 Å². The van der Waals surface area contributed by atoms with Gasteiger partial charge in [0, 0.05) is 18.2 Å². The number of hydrogen-bond acceptors (Lipinski definition) is 5. The zero-order chi connectivity index (χ0) is 15.2. The maximum Gasteiger partial charge on any atom is 0.190 e. The van der Waals surface area contributed by atoms with Gasteiger partial charge in [-0.2, -0.15) is 5.26 Å². The van der Waals surface area contributed by atoms with Crippen molar-refractivity contribution in [1.82, 2.24) is 15.0 Å². The first kappa shape index (κ1) is 14.9. The van der Waals surface area contributed by atoms with E-state index in [2.05, 4.69) is 23.3 Å². The topological polar surface area (TPSA) is 73.0 Å². The summed E-state index contributed by atoms with van der Waals surface area (Å²) in [5, 5.41) is 17.3. The van der Waals surface area contributed by atoms with Gasteiger partial charge in [0.25, 0.3) is 0 Å². The number of nitrogens with zero attached hydrogens (tertiary/aromatic N) is 4. The van der Waals surface area contributed by atoms with Gasteiger partial charge in [-0.3, -0.25) is 0 Å². The Bertz CT molecular complexity index is 636. The molecule has 6 heteroatoms. The predicted octanol–water partition coefficient (Wildman–Crippen LogP) is 2.63. The summed E-state index contributed by atoms with van der Waals surface area (Å²) < 4.78 is 12.3. The molecule has 0 fully saturated rings. The van der Waals surface area contributed by atoms with Crippen molar-refractivity contribution in [2.45, 2.75) is 26.3 Å². The fourth-order valence-corrected chi connectivity index (χ4v) is 2.08. The van der Waals surface area contributed by atoms with E-state index >= 15 is 0 Å². The van der Waals surface area contributed by atoms with Crippen molar-refractivity contribution < 1.29 is 9.47 Å². The van der Waals surface area contributed by atoms with E-state index in [1.54, 1.807) is 25.0 Å². The Labute approximate surface area is 123 Å². The minimum Gasteiger partial charge on any atom is -0.497 e. The normalized spacial score (nSPS) is 10.2. The summed E-state index contributed by atoms with van der Waals surface area (Å²) in [4.78, 5) is 0. The molecule has 0 saturated carbocycles. The largest absolute Gasteiger partial charge is 0.497 e. The lowest BCUT2D eigenvalue weighted by Crippen LogP contribution is -2.03. The Hall–Kier alpha value is -2.55. The smallest absolute Gasteiger partial charge is 0.190 e. The highest BCUT2D eigenvalue weighted by Crippen LogP contribution is 2.31. The van der Waals surface area contributed by atoms with Crippen LogP contribution in [0.3, 0.4) is 0 Å². The third-order valence-corrected chi connectivity index (χ3v) is 3.19. The third-order valence-electron chi connectivity index (χ3n) is 3.19. The summed E-state index contributed by atoms with van der Waals surface area (Å²) in [5.41, 5.74) is 1.81. The maximum atomic E-state index is 9.24. The first-order chi connectivity index (χ1) is 10.2. The highest BCUT2D eigenvalue weighted by Gasteiger charge is 2.16. The monoisotopic (exact) mass is 286 g/mol. The van der Waals surface area contributed by atoms with E-state index in [1.807, 2.05) is 12.1 Å². The van der Waals surface area contributed by atoms with Crippen LogP contribution in [-0.4, -0.2) is 29.2 Å². The summed E-state index contributed by atoms with van der Waals surface area (Å²) in [6.45, 7) is 2.83. The number of hydrogen-bond donors (Lipinski definition) is 0. The van der Waals surface area contributed by atoms with Crippen LogP contribution in [0, 0.1) is 11.3 Å². The number of aryl methyl sites for hydroxylation is 1. The lowest BCUT2D eigenvalue weighted by molar-refractivity contribution is 0.394. The molecule has 21 heavy (non-hydrogen) atoms. The van der Waals surface area contributed by atoms with Crippen LogP contribution in [0.15, 0.2) is 18.2 Å². The molecule has 0 spiro atoms. The zero-order valence-corrected chi connectivity index (χ0v) is 12.5. The molecule has 1 aromatic carbocycles. The molecule has 0 aliphatic rings. The van der Waals surface area contributed by atoms with Crippen LogP contribution in [0.4, 0.5) is 0 Å². The van der Waals surface area contributed by atoms with Crippen LogP contribution in [0.5, 0.6) is 11.5 Å². The lowest BCUT2D eigenvalue weighted by Gasteiger charge is -2.10. The fourth-order valence-electron chi connectivity index (χ4n) is 2.08. The standard InChI is InChI=1S/C15H18N4O2/c1-4-5-6-19-15(14(10-16)17-18-19)11-7-12(20-2)9-13(8-11)21-3/h7-9H,4-6H2,1-3H3. The van der Waals surface area contributed by atoms with Crippen molar-refractivity contribution in [3.05, 3.63) is 23.9 Å². The van der Waals surface area contributed by atoms with Crippen LogP contribution >= 0.6 is 0 Å². The van der Waals surface area contributed by atoms with E-state index in [0.717, 1.165) is 24.9 Å². The minimum atomic E-state index is 0.307. The van der Waals surface area contributed by atoms with Gasteiger partial charge in [-0.05, 0) is 18.6 Å². The maximum absolute atomic E-state index is 9.24. The van der Waals surface area contributed by atoms with Gasteiger partial charge in [0.15, 0.2) is 5.69 Å². The van der Waals surface area contributed by atoms with E-state index in [4.69, 9.17) is 9.47 Å². The van der Waals surface area contributed by atoms with E-state index < -0.39 is 0 Å². The van der Waals surface area contributed by atoms with Crippen molar-refractivity contribution in [3.63, 3.8) is 0 Å². The SMILES string of the molecule is CCCCn1nnc(C#N)c1-c1cc(OC)cc(OC)c1. The molecule has 6 nitrogen and oxygen atoms in total. The summed E-state index contributed by atoms with van der Waals surface area (Å²) in [7, 11) is 3.19.